The van der Waals surface area contributed by atoms with Crippen molar-refractivity contribution in [1.29, 1.82) is 0 Å². The van der Waals surface area contributed by atoms with Crippen molar-refractivity contribution in [2.45, 2.75) is 64.3 Å². The Morgan fingerprint density at radius 3 is 2.38 bits per heavy atom. The van der Waals surface area contributed by atoms with Crippen molar-refractivity contribution in [1.82, 2.24) is 5.32 Å². The fourth-order valence-corrected chi connectivity index (χ4v) is 2.37. The first-order chi connectivity index (χ1) is 10.3. The van der Waals surface area contributed by atoms with Gasteiger partial charge in [0.1, 0.15) is 0 Å². The fourth-order valence-electron chi connectivity index (χ4n) is 2.37. The van der Waals surface area contributed by atoms with E-state index >= 15 is 0 Å². The van der Waals surface area contributed by atoms with E-state index in [1.807, 2.05) is 24.3 Å². The van der Waals surface area contributed by atoms with Gasteiger partial charge in [-0.25, -0.2) is 0 Å². The molecule has 21 heavy (non-hydrogen) atoms. The van der Waals surface area contributed by atoms with Gasteiger partial charge in [-0.3, -0.25) is 4.79 Å². The molecule has 0 heterocycles. The molecular weight excluding hydrogens is 260 g/mol. The Hall–Kier alpha value is -1.51. The van der Waals surface area contributed by atoms with E-state index in [4.69, 9.17) is 0 Å². The third-order valence-corrected chi connectivity index (χ3v) is 3.92. The molecule has 116 valence electrons. The normalized spacial score (nSPS) is 14.0. The molecule has 1 aliphatic rings. The average molecular weight is 288 g/mol. The lowest BCUT2D eigenvalue weighted by Crippen LogP contribution is -2.25. The molecule has 1 saturated carbocycles. The highest BCUT2D eigenvalue weighted by atomic mass is 16.1. The maximum absolute atomic E-state index is 11.9. The van der Waals surface area contributed by atoms with Gasteiger partial charge in [0.05, 0.1) is 0 Å². The SMILES string of the molecule is CCCCCCCCNc1ccc(C(=O)NC2CC2)cc1. The highest BCUT2D eigenvalue weighted by molar-refractivity contribution is 5.94. The Morgan fingerprint density at radius 2 is 1.71 bits per heavy atom. The zero-order valence-corrected chi connectivity index (χ0v) is 13.2. The van der Waals surface area contributed by atoms with Crippen molar-refractivity contribution in [3.63, 3.8) is 0 Å². The van der Waals surface area contributed by atoms with Crippen LogP contribution in [-0.2, 0) is 0 Å². The molecule has 1 amide bonds. The van der Waals surface area contributed by atoms with Crippen LogP contribution in [0.2, 0.25) is 0 Å². The second-order valence-electron chi connectivity index (χ2n) is 6.02. The lowest BCUT2D eigenvalue weighted by atomic mass is 10.1. The Bertz CT molecular complexity index is 423. The molecule has 2 rings (SSSR count). The molecule has 1 aliphatic carbocycles. The molecule has 1 aromatic carbocycles. The maximum Gasteiger partial charge on any atom is 0.251 e. The molecule has 0 bridgehead atoms. The van der Waals surface area contributed by atoms with Gasteiger partial charge in [-0.05, 0) is 43.5 Å². The van der Waals surface area contributed by atoms with Crippen LogP contribution in [0.4, 0.5) is 5.69 Å². The number of carbonyl (C=O) groups is 1. The molecule has 1 fully saturated rings. The first-order valence-corrected chi connectivity index (χ1v) is 8.44. The van der Waals surface area contributed by atoms with E-state index < -0.39 is 0 Å². The largest absolute Gasteiger partial charge is 0.385 e. The van der Waals surface area contributed by atoms with Crippen molar-refractivity contribution in [2.75, 3.05) is 11.9 Å². The number of nitrogens with one attached hydrogen (secondary N) is 2. The number of carbonyl (C=O) groups excluding carboxylic acids is 1. The number of rotatable bonds is 10. The van der Waals surface area contributed by atoms with Gasteiger partial charge in [-0.15, -0.1) is 0 Å². The summed E-state index contributed by atoms with van der Waals surface area (Å²) in [5.41, 5.74) is 1.86. The summed E-state index contributed by atoms with van der Waals surface area (Å²) < 4.78 is 0. The lowest BCUT2D eigenvalue weighted by Gasteiger charge is -2.08. The number of hydrogen-bond acceptors (Lipinski definition) is 2. The van der Waals surface area contributed by atoms with Crippen molar-refractivity contribution >= 4 is 11.6 Å². The number of hydrogen-bond donors (Lipinski definition) is 2. The summed E-state index contributed by atoms with van der Waals surface area (Å²) in [7, 11) is 0. The molecular formula is C18H28N2O. The first-order valence-electron chi connectivity index (χ1n) is 8.44. The van der Waals surface area contributed by atoms with Gasteiger partial charge in [0.2, 0.25) is 0 Å². The molecule has 0 radical (unpaired) electrons. The number of amides is 1. The minimum atomic E-state index is 0.0555. The number of anilines is 1. The van der Waals surface area contributed by atoms with Crippen LogP contribution in [0.3, 0.4) is 0 Å². The van der Waals surface area contributed by atoms with E-state index in [2.05, 4.69) is 17.6 Å². The van der Waals surface area contributed by atoms with Crippen molar-refractivity contribution in [2.24, 2.45) is 0 Å². The minimum absolute atomic E-state index is 0.0555. The van der Waals surface area contributed by atoms with Gasteiger partial charge in [-0.1, -0.05) is 39.0 Å². The number of unbranched alkanes of at least 4 members (excludes halogenated alkanes) is 5. The quantitative estimate of drug-likeness (QED) is 0.628. The van der Waals surface area contributed by atoms with E-state index in [9.17, 15) is 4.79 Å². The van der Waals surface area contributed by atoms with Crippen LogP contribution in [0, 0.1) is 0 Å². The van der Waals surface area contributed by atoms with Gasteiger partial charge in [0.25, 0.3) is 5.91 Å². The zero-order valence-electron chi connectivity index (χ0n) is 13.2. The zero-order chi connectivity index (χ0) is 14.9. The van der Waals surface area contributed by atoms with Gasteiger partial charge in [0, 0.05) is 23.8 Å². The first kappa shape index (κ1) is 15.9. The number of benzene rings is 1. The van der Waals surface area contributed by atoms with Crippen LogP contribution in [0.15, 0.2) is 24.3 Å². The molecule has 0 atom stereocenters. The highest BCUT2D eigenvalue weighted by Crippen LogP contribution is 2.19. The Morgan fingerprint density at radius 1 is 1.05 bits per heavy atom. The maximum atomic E-state index is 11.9. The summed E-state index contributed by atoms with van der Waals surface area (Å²) >= 11 is 0. The molecule has 3 nitrogen and oxygen atoms in total. The summed E-state index contributed by atoms with van der Waals surface area (Å²) in [4.78, 5) is 11.9. The van der Waals surface area contributed by atoms with E-state index in [0.29, 0.717) is 6.04 Å². The third-order valence-electron chi connectivity index (χ3n) is 3.92. The van der Waals surface area contributed by atoms with Gasteiger partial charge >= 0.3 is 0 Å². The van der Waals surface area contributed by atoms with E-state index in [1.54, 1.807) is 0 Å². The van der Waals surface area contributed by atoms with Crippen molar-refractivity contribution in [3.8, 4) is 0 Å². The summed E-state index contributed by atoms with van der Waals surface area (Å²) in [6.07, 6.45) is 10.1. The standard InChI is InChI=1S/C18H28N2O/c1-2-3-4-5-6-7-14-19-16-10-8-15(9-11-16)18(21)20-17-12-13-17/h8-11,17,19H,2-7,12-14H2,1H3,(H,20,21). The molecule has 0 spiro atoms. The lowest BCUT2D eigenvalue weighted by molar-refractivity contribution is 0.0951. The monoisotopic (exact) mass is 288 g/mol. The highest BCUT2D eigenvalue weighted by Gasteiger charge is 2.23. The predicted octanol–water partition coefficient (Wildman–Crippen LogP) is 4.35. The minimum Gasteiger partial charge on any atom is -0.385 e. The van der Waals surface area contributed by atoms with Crippen LogP contribution in [0.5, 0.6) is 0 Å². The molecule has 0 aromatic heterocycles. The summed E-state index contributed by atoms with van der Waals surface area (Å²) in [6.45, 7) is 3.26. The molecule has 0 aliphatic heterocycles. The van der Waals surface area contributed by atoms with Crippen molar-refractivity contribution in [3.05, 3.63) is 29.8 Å². The van der Waals surface area contributed by atoms with Gasteiger partial charge in [-0.2, -0.15) is 0 Å². The Kier molecular flexibility index (Phi) is 6.58. The van der Waals surface area contributed by atoms with Gasteiger partial charge < -0.3 is 10.6 Å². The van der Waals surface area contributed by atoms with Crippen LogP contribution in [0.1, 0.15) is 68.6 Å². The van der Waals surface area contributed by atoms with Gasteiger partial charge in [0.15, 0.2) is 0 Å². The summed E-state index contributed by atoms with van der Waals surface area (Å²) in [6, 6.07) is 8.23. The molecule has 0 saturated heterocycles. The van der Waals surface area contributed by atoms with E-state index in [0.717, 1.165) is 30.6 Å². The molecule has 1 aromatic rings. The Labute approximate surface area is 128 Å². The predicted molar refractivity (Wildman–Crippen MR) is 88.8 cm³/mol. The van der Waals surface area contributed by atoms with Crippen LogP contribution < -0.4 is 10.6 Å². The smallest absolute Gasteiger partial charge is 0.251 e. The van der Waals surface area contributed by atoms with Crippen molar-refractivity contribution < 1.29 is 4.79 Å². The average Bonchev–Trinajstić information content (AvgIpc) is 3.31. The van der Waals surface area contributed by atoms with Crippen LogP contribution in [-0.4, -0.2) is 18.5 Å². The second kappa shape index (κ2) is 8.71. The van der Waals surface area contributed by atoms with E-state index in [1.165, 1.54) is 38.5 Å². The summed E-state index contributed by atoms with van der Waals surface area (Å²) in [5, 5.41) is 6.43. The molecule has 0 unspecified atom stereocenters. The van der Waals surface area contributed by atoms with E-state index in [-0.39, 0.29) is 5.91 Å². The third kappa shape index (κ3) is 6.19. The summed E-state index contributed by atoms with van der Waals surface area (Å²) in [5.74, 6) is 0.0555. The second-order valence-corrected chi connectivity index (χ2v) is 6.02. The van der Waals surface area contributed by atoms with Crippen LogP contribution in [0.25, 0.3) is 0 Å². The molecule has 3 heteroatoms. The van der Waals surface area contributed by atoms with Crippen LogP contribution >= 0.6 is 0 Å². The topological polar surface area (TPSA) is 41.1 Å². The molecule has 2 N–H and O–H groups in total. The Balaban J connectivity index is 1.61. The fraction of sp³-hybridized carbons (Fsp3) is 0.611.